The maximum Gasteiger partial charge on any atom is 0.243 e. The molecule has 1 aliphatic heterocycles. The van der Waals surface area contributed by atoms with Gasteiger partial charge in [0, 0.05) is 20.0 Å². The van der Waals surface area contributed by atoms with Crippen LogP contribution in [0.2, 0.25) is 0 Å². The van der Waals surface area contributed by atoms with E-state index in [-0.39, 0.29) is 17.9 Å². The molecule has 1 heterocycles. The van der Waals surface area contributed by atoms with Crippen molar-refractivity contribution in [1.29, 1.82) is 0 Å². The Morgan fingerprint density at radius 2 is 2.06 bits per heavy atom. The first-order valence-corrected chi connectivity index (χ1v) is 6.27. The fourth-order valence-corrected chi connectivity index (χ4v) is 2.32. The molecule has 2 rings (SSSR count). The van der Waals surface area contributed by atoms with Gasteiger partial charge in [-0.15, -0.1) is 0 Å². The Labute approximate surface area is 107 Å². The molecule has 1 aromatic rings. The molecule has 1 aliphatic rings. The smallest absolute Gasteiger partial charge is 0.243 e. The second kappa shape index (κ2) is 5.67. The van der Waals surface area contributed by atoms with Crippen LogP contribution in [0, 0.1) is 0 Å². The van der Waals surface area contributed by atoms with Gasteiger partial charge in [0.1, 0.15) is 6.04 Å². The van der Waals surface area contributed by atoms with E-state index < -0.39 is 0 Å². The molecule has 4 heteroatoms. The molecule has 4 nitrogen and oxygen atoms in total. The minimum Gasteiger partial charge on any atom is -0.350 e. The van der Waals surface area contributed by atoms with Gasteiger partial charge in [0.15, 0.2) is 0 Å². The molecule has 1 atom stereocenters. The number of benzene rings is 1. The van der Waals surface area contributed by atoms with Gasteiger partial charge in [-0.1, -0.05) is 30.3 Å². The van der Waals surface area contributed by atoms with E-state index in [1.807, 2.05) is 30.3 Å². The van der Waals surface area contributed by atoms with Crippen LogP contribution >= 0.6 is 0 Å². The number of carbonyl (C=O) groups excluding carboxylic acids is 2. The van der Waals surface area contributed by atoms with Crippen molar-refractivity contribution in [2.45, 2.75) is 32.4 Å². The van der Waals surface area contributed by atoms with Crippen molar-refractivity contribution in [3.8, 4) is 0 Å². The van der Waals surface area contributed by atoms with Crippen LogP contribution in [-0.4, -0.2) is 29.3 Å². The zero-order valence-electron chi connectivity index (χ0n) is 10.6. The van der Waals surface area contributed by atoms with Crippen molar-refractivity contribution < 1.29 is 9.59 Å². The first-order valence-electron chi connectivity index (χ1n) is 6.27. The zero-order valence-corrected chi connectivity index (χ0v) is 10.6. The highest BCUT2D eigenvalue weighted by Gasteiger charge is 2.31. The van der Waals surface area contributed by atoms with Crippen LogP contribution in [0.4, 0.5) is 0 Å². The Bertz CT molecular complexity index is 431. The van der Waals surface area contributed by atoms with Gasteiger partial charge in [0.05, 0.1) is 0 Å². The topological polar surface area (TPSA) is 49.4 Å². The number of carbonyl (C=O) groups is 2. The molecular weight excluding hydrogens is 228 g/mol. The fraction of sp³-hybridized carbons (Fsp3) is 0.429. The first-order chi connectivity index (χ1) is 8.68. The fourth-order valence-electron chi connectivity index (χ4n) is 2.32. The Hall–Kier alpha value is -1.84. The van der Waals surface area contributed by atoms with E-state index in [9.17, 15) is 9.59 Å². The van der Waals surface area contributed by atoms with E-state index in [1.54, 1.807) is 4.90 Å². The summed E-state index contributed by atoms with van der Waals surface area (Å²) in [6.07, 6.45) is 1.67. The minimum absolute atomic E-state index is 0.0210. The molecular formula is C14H18N2O2. The summed E-state index contributed by atoms with van der Waals surface area (Å²) in [6.45, 7) is 2.73. The maximum atomic E-state index is 12.0. The average molecular weight is 246 g/mol. The molecule has 1 N–H and O–H groups in total. The normalized spacial score (nSPS) is 18.7. The predicted octanol–water partition coefficient (Wildman–Crippen LogP) is 1.31. The lowest BCUT2D eigenvalue weighted by molar-refractivity contribution is -0.136. The zero-order chi connectivity index (χ0) is 13.0. The van der Waals surface area contributed by atoms with Crippen LogP contribution in [-0.2, 0) is 16.1 Å². The van der Waals surface area contributed by atoms with Crippen LogP contribution in [0.15, 0.2) is 30.3 Å². The number of nitrogens with zero attached hydrogens (tertiary/aromatic N) is 1. The van der Waals surface area contributed by atoms with E-state index in [0.717, 1.165) is 18.4 Å². The summed E-state index contributed by atoms with van der Waals surface area (Å²) >= 11 is 0. The van der Waals surface area contributed by atoms with E-state index in [0.29, 0.717) is 13.1 Å². The molecule has 96 valence electrons. The van der Waals surface area contributed by atoms with Crippen molar-refractivity contribution in [3.63, 3.8) is 0 Å². The molecule has 18 heavy (non-hydrogen) atoms. The second-order valence-corrected chi connectivity index (χ2v) is 4.57. The number of likely N-dealkylation sites (tertiary alicyclic amines) is 1. The van der Waals surface area contributed by atoms with E-state index in [4.69, 9.17) is 0 Å². The van der Waals surface area contributed by atoms with Gasteiger partial charge < -0.3 is 10.2 Å². The quantitative estimate of drug-likeness (QED) is 0.874. The monoisotopic (exact) mass is 246 g/mol. The lowest BCUT2D eigenvalue weighted by atomic mass is 10.2. The van der Waals surface area contributed by atoms with Gasteiger partial charge in [-0.2, -0.15) is 0 Å². The highest BCUT2D eigenvalue weighted by Crippen LogP contribution is 2.17. The van der Waals surface area contributed by atoms with Gasteiger partial charge in [-0.3, -0.25) is 9.59 Å². The lowest BCUT2D eigenvalue weighted by Gasteiger charge is -2.22. The van der Waals surface area contributed by atoms with Gasteiger partial charge in [0.2, 0.25) is 11.8 Å². The third-order valence-corrected chi connectivity index (χ3v) is 3.27. The summed E-state index contributed by atoms with van der Waals surface area (Å²) in [5.74, 6) is -0.0704. The number of hydrogen-bond acceptors (Lipinski definition) is 2. The van der Waals surface area contributed by atoms with Crippen LogP contribution in [0.5, 0.6) is 0 Å². The molecule has 0 radical (unpaired) electrons. The van der Waals surface area contributed by atoms with E-state index in [1.165, 1.54) is 6.92 Å². The molecule has 1 saturated heterocycles. The second-order valence-electron chi connectivity index (χ2n) is 4.57. The van der Waals surface area contributed by atoms with Gasteiger partial charge in [-0.25, -0.2) is 0 Å². The van der Waals surface area contributed by atoms with Crippen molar-refractivity contribution >= 4 is 11.8 Å². The molecule has 2 amide bonds. The molecule has 0 spiro atoms. The number of rotatable bonds is 3. The van der Waals surface area contributed by atoms with Gasteiger partial charge >= 0.3 is 0 Å². The first kappa shape index (κ1) is 12.6. The summed E-state index contributed by atoms with van der Waals surface area (Å²) in [6, 6.07) is 9.48. The van der Waals surface area contributed by atoms with Crippen LogP contribution in [0.3, 0.4) is 0 Å². The van der Waals surface area contributed by atoms with Crippen molar-refractivity contribution in [3.05, 3.63) is 35.9 Å². The Morgan fingerprint density at radius 1 is 1.33 bits per heavy atom. The van der Waals surface area contributed by atoms with Crippen molar-refractivity contribution in [2.75, 3.05) is 6.54 Å². The standard InChI is InChI=1S/C14H18N2O2/c1-11(17)16-9-5-8-13(16)14(18)15-10-12-6-3-2-4-7-12/h2-4,6-7,13H,5,8-10H2,1H3,(H,15,18)/t13-/m0/s1. The highest BCUT2D eigenvalue weighted by atomic mass is 16.2. The third-order valence-electron chi connectivity index (χ3n) is 3.27. The number of amides is 2. The molecule has 0 saturated carbocycles. The summed E-state index contributed by atoms with van der Waals surface area (Å²) in [4.78, 5) is 25.1. The molecule has 1 fully saturated rings. The maximum absolute atomic E-state index is 12.0. The summed E-state index contributed by atoms with van der Waals surface area (Å²) in [5, 5.41) is 2.89. The van der Waals surface area contributed by atoms with Crippen molar-refractivity contribution in [1.82, 2.24) is 10.2 Å². The summed E-state index contributed by atoms with van der Waals surface area (Å²) < 4.78 is 0. The van der Waals surface area contributed by atoms with Crippen LogP contribution in [0.1, 0.15) is 25.3 Å². The average Bonchev–Trinajstić information content (AvgIpc) is 2.86. The van der Waals surface area contributed by atoms with Crippen LogP contribution < -0.4 is 5.32 Å². The van der Waals surface area contributed by atoms with Gasteiger partial charge in [-0.05, 0) is 18.4 Å². The molecule has 0 bridgehead atoms. The largest absolute Gasteiger partial charge is 0.350 e. The highest BCUT2D eigenvalue weighted by molar-refractivity contribution is 5.87. The molecule has 0 aliphatic carbocycles. The van der Waals surface area contributed by atoms with Crippen molar-refractivity contribution in [2.24, 2.45) is 0 Å². The molecule has 0 aromatic heterocycles. The Morgan fingerprint density at radius 3 is 2.72 bits per heavy atom. The summed E-state index contributed by atoms with van der Waals surface area (Å²) in [7, 11) is 0. The molecule has 0 unspecified atom stereocenters. The van der Waals surface area contributed by atoms with Gasteiger partial charge in [0.25, 0.3) is 0 Å². The SMILES string of the molecule is CC(=O)N1CCC[C@H]1C(=O)NCc1ccccc1. The number of nitrogens with one attached hydrogen (secondary N) is 1. The predicted molar refractivity (Wildman–Crippen MR) is 68.7 cm³/mol. The third kappa shape index (κ3) is 2.88. The van der Waals surface area contributed by atoms with Crippen LogP contribution in [0.25, 0.3) is 0 Å². The van der Waals surface area contributed by atoms with E-state index in [2.05, 4.69) is 5.32 Å². The molecule has 1 aromatic carbocycles. The number of hydrogen-bond donors (Lipinski definition) is 1. The Kier molecular flexibility index (Phi) is 3.97. The lowest BCUT2D eigenvalue weighted by Crippen LogP contribution is -2.44. The Balaban J connectivity index is 1.90. The summed E-state index contributed by atoms with van der Waals surface area (Å²) in [5.41, 5.74) is 1.07. The van der Waals surface area contributed by atoms with E-state index >= 15 is 0 Å². The minimum atomic E-state index is -0.286.